The van der Waals surface area contributed by atoms with Gasteiger partial charge in [-0.2, -0.15) is 0 Å². The van der Waals surface area contributed by atoms with Crippen LogP contribution in [0.5, 0.6) is 5.75 Å². The number of nitrogens with one attached hydrogen (secondary N) is 2. The van der Waals surface area contributed by atoms with Gasteiger partial charge in [0.05, 0.1) is 12.8 Å². The summed E-state index contributed by atoms with van der Waals surface area (Å²) in [4.78, 5) is 12.4. The number of rotatable bonds is 4. The summed E-state index contributed by atoms with van der Waals surface area (Å²) in [6.45, 7) is 1.97. The van der Waals surface area contributed by atoms with Crippen molar-refractivity contribution in [2.24, 2.45) is 0 Å². The number of fused-ring (bicyclic) bond motifs is 1. The standard InChI is InChI=1S/C25H26N2O2/c1-17-7-14-24(29-2)23(15-17)27-25(28)26-22-12-10-19(11-13-22)21-9-8-18-5-3-4-6-20(18)16-21/h7-16H,3-6H2,1-2H3,(H2,26,27,28). The molecule has 4 heteroatoms. The summed E-state index contributed by atoms with van der Waals surface area (Å²) in [6.07, 6.45) is 4.94. The molecule has 0 heterocycles. The van der Waals surface area contributed by atoms with Crippen molar-refractivity contribution in [3.63, 3.8) is 0 Å². The molecule has 0 unspecified atom stereocenters. The molecule has 0 saturated carbocycles. The number of anilines is 2. The molecular weight excluding hydrogens is 360 g/mol. The number of urea groups is 1. The molecule has 1 aliphatic carbocycles. The second kappa shape index (κ2) is 8.39. The third-order valence-electron chi connectivity index (χ3n) is 5.43. The molecule has 0 fully saturated rings. The third-order valence-corrected chi connectivity index (χ3v) is 5.43. The molecule has 1 aliphatic rings. The summed E-state index contributed by atoms with van der Waals surface area (Å²) in [6, 6.07) is 20.1. The fourth-order valence-corrected chi connectivity index (χ4v) is 3.86. The fourth-order valence-electron chi connectivity index (χ4n) is 3.86. The summed E-state index contributed by atoms with van der Waals surface area (Å²) >= 11 is 0. The third kappa shape index (κ3) is 4.43. The maximum absolute atomic E-state index is 12.4. The number of carbonyl (C=O) groups is 1. The van der Waals surface area contributed by atoms with E-state index in [4.69, 9.17) is 4.74 Å². The largest absolute Gasteiger partial charge is 0.495 e. The summed E-state index contributed by atoms with van der Waals surface area (Å²) in [7, 11) is 1.59. The van der Waals surface area contributed by atoms with Gasteiger partial charge in [-0.1, -0.05) is 36.4 Å². The zero-order chi connectivity index (χ0) is 20.2. The molecule has 0 aliphatic heterocycles. The lowest BCUT2D eigenvalue weighted by atomic mass is 9.89. The van der Waals surface area contributed by atoms with E-state index in [9.17, 15) is 4.79 Å². The predicted molar refractivity (Wildman–Crippen MR) is 119 cm³/mol. The lowest BCUT2D eigenvalue weighted by molar-refractivity contribution is 0.262. The van der Waals surface area contributed by atoms with E-state index in [2.05, 4.69) is 28.8 Å². The van der Waals surface area contributed by atoms with Crippen LogP contribution in [0.2, 0.25) is 0 Å². The van der Waals surface area contributed by atoms with Crippen molar-refractivity contribution < 1.29 is 9.53 Å². The first-order chi connectivity index (χ1) is 14.1. The molecule has 0 saturated heterocycles. The molecule has 0 spiro atoms. The van der Waals surface area contributed by atoms with E-state index in [1.807, 2.05) is 49.4 Å². The molecule has 3 aromatic carbocycles. The van der Waals surface area contributed by atoms with E-state index in [-0.39, 0.29) is 6.03 Å². The minimum Gasteiger partial charge on any atom is -0.495 e. The highest BCUT2D eigenvalue weighted by Crippen LogP contribution is 2.29. The monoisotopic (exact) mass is 386 g/mol. The van der Waals surface area contributed by atoms with Crippen molar-refractivity contribution >= 4 is 17.4 Å². The molecule has 0 radical (unpaired) electrons. The molecule has 2 amide bonds. The molecule has 0 bridgehead atoms. The summed E-state index contributed by atoms with van der Waals surface area (Å²) in [5.74, 6) is 0.633. The minimum absolute atomic E-state index is 0.296. The van der Waals surface area contributed by atoms with Crippen LogP contribution in [0.1, 0.15) is 29.5 Å². The highest BCUT2D eigenvalue weighted by molar-refractivity contribution is 6.00. The average Bonchev–Trinajstić information content (AvgIpc) is 2.74. The van der Waals surface area contributed by atoms with Gasteiger partial charge in [-0.05, 0) is 84.7 Å². The first-order valence-electron chi connectivity index (χ1n) is 10.1. The molecule has 29 heavy (non-hydrogen) atoms. The van der Waals surface area contributed by atoms with Crippen molar-refractivity contribution in [2.75, 3.05) is 17.7 Å². The van der Waals surface area contributed by atoms with Gasteiger partial charge in [0.15, 0.2) is 0 Å². The van der Waals surface area contributed by atoms with E-state index in [1.165, 1.54) is 42.4 Å². The van der Waals surface area contributed by atoms with Crippen LogP contribution in [0.25, 0.3) is 11.1 Å². The van der Waals surface area contributed by atoms with Crippen molar-refractivity contribution in [1.29, 1.82) is 0 Å². The smallest absolute Gasteiger partial charge is 0.323 e. The Morgan fingerprint density at radius 2 is 1.55 bits per heavy atom. The van der Waals surface area contributed by atoms with Gasteiger partial charge in [0.2, 0.25) is 0 Å². The van der Waals surface area contributed by atoms with E-state index < -0.39 is 0 Å². The first-order valence-corrected chi connectivity index (χ1v) is 10.1. The Kier molecular flexibility index (Phi) is 5.52. The van der Waals surface area contributed by atoms with Crippen LogP contribution in [-0.2, 0) is 12.8 Å². The van der Waals surface area contributed by atoms with E-state index >= 15 is 0 Å². The quantitative estimate of drug-likeness (QED) is 0.561. The average molecular weight is 386 g/mol. The fraction of sp³-hybridized carbons (Fsp3) is 0.240. The van der Waals surface area contributed by atoms with Gasteiger partial charge >= 0.3 is 6.03 Å². The van der Waals surface area contributed by atoms with Crippen LogP contribution >= 0.6 is 0 Å². The highest BCUT2D eigenvalue weighted by atomic mass is 16.5. The van der Waals surface area contributed by atoms with Crippen LogP contribution in [0.3, 0.4) is 0 Å². The summed E-state index contributed by atoms with van der Waals surface area (Å²) < 4.78 is 5.31. The van der Waals surface area contributed by atoms with Gasteiger partial charge in [-0.25, -0.2) is 4.79 Å². The molecule has 0 atom stereocenters. The topological polar surface area (TPSA) is 50.4 Å². The van der Waals surface area contributed by atoms with Crippen molar-refractivity contribution in [3.8, 4) is 16.9 Å². The number of aryl methyl sites for hydroxylation is 3. The molecule has 3 aromatic rings. The number of carbonyl (C=O) groups excluding carboxylic acids is 1. The molecule has 4 rings (SSSR count). The highest BCUT2D eigenvalue weighted by Gasteiger charge is 2.11. The SMILES string of the molecule is COc1ccc(C)cc1NC(=O)Nc1ccc(-c2ccc3c(c2)CCCC3)cc1. The zero-order valence-corrected chi connectivity index (χ0v) is 16.9. The lowest BCUT2D eigenvalue weighted by Gasteiger charge is -2.17. The number of ether oxygens (including phenoxy) is 1. The molecule has 2 N–H and O–H groups in total. The maximum atomic E-state index is 12.4. The lowest BCUT2D eigenvalue weighted by Crippen LogP contribution is -2.19. The predicted octanol–water partition coefficient (Wildman–Crippen LogP) is 6.19. The molecule has 0 aromatic heterocycles. The van der Waals surface area contributed by atoms with Crippen molar-refractivity contribution in [1.82, 2.24) is 0 Å². The van der Waals surface area contributed by atoms with Gasteiger partial charge in [0.25, 0.3) is 0 Å². The summed E-state index contributed by atoms with van der Waals surface area (Å²) in [5.41, 5.74) is 7.79. The number of benzene rings is 3. The minimum atomic E-state index is -0.296. The number of hydrogen-bond acceptors (Lipinski definition) is 2. The van der Waals surface area contributed by atoms with Crippen LogP contribution in [0.15, 0.2) is 60.7 Å². The molecule has 148 valence electrons. The Hall–Kier alpha value is -3.27. The Bertz CT molecular complexity index is 1030. The van der Waals surface area contributed by atoms with Gasteiger partial charge < -0.3 is 15.4 Å². The molecule has 4 nitrogen and oxygen atoms in total. The van der Waals surface area contributed by atoms with Gasteiger partial charge in [0.1, 0.15) is 5.75 Å². The van der Waals surface area contributed by atoms with Crippen LogP contribution < -0.4 is 15.4 Å². The van der Waals surface area contributed by atoms with Gasteiger partial charge in [-0.3, -0.25) is 0 Å². The number of amides is 2. The van der Waals surface area contributed by atoms with Gasteiger partial charge in [0, 0.05) is 5.69 Å². The van der Waals surface area contributed by atoms with E-state index in [1.54, 1.807) is 7.11 Å². The van der Waals surface area contributed by atoms with E-state index in [0.29, 0.717) is 11.4 Å². The normalized spacial score (nSPS) is 12.8. The van der Waals surface area contributed by atoms with Gasteiger partial charge in [-0.15, -0.1) is 0 Å². The van der Waals surface area contributed by atoms with Crippen molar-refractivity contribution in [2.45, 2.75) is 32.6 Å². The van der Waals surface area contributed by atoms with E-state index in [0.717, 1.165) is 16.8 Å². The first kappa shape index (κ1) is 19.1. The van der Waals surface area contributed by atoms with Crippen LogP contribution in [0.4, 0.5) is 16.2 Å². The van der Waals surface area contributed by atoms with Crippen LogP contribution in [0, 0.1) is 6.92 Å². The Labute approximate surface area is 171 Å². The second-order valence-electron chi connectivity index (χ2n) is 7.55. The second-order valence-corrected chi connectivity index (χ2v) is 7.55. The van der Waals surface area contributed by atoms with Crippen molar-refractivity contribution in [3.05, 3.63) is 77.4 Å². The number of methoxy groups -OCH3 is 1. The zero-order valence-electron chi connectivity index (χ0n) is 16.9. The maximum Gasteiger partial charge on any atom is 0.323 e. The Morgan fingerprint density at radius 1 is 0.828 bits per heavy atom. The van der Waals surface area contributed by atoms with Crippen LogP contribution in [-0.4, -0.2) is 13.1 Å². The number of hydrogen-bond donors (Lipinski definition) is 2. The molecular formula is C25H26N2O2. The summed E-state index contributed by atoms with van der Waals surface area (Å²) in [5, 5.41) is 5.74. The Morgan fingerprint density at radius 3 is 2.31 bits per heavy atom. The Balaban J connectivity index is 1.44.